The zero-order valence-corrected chi connectivity index (χ0v) is 23.6. The first kappa shape index (κ1) is 28.4. The second kappa shape index (κ2) is 12.5. The maximum absolute atomic E-state index is 13.8. The van der Waals surface area contributed by atoms with E-state index in [9.17, 15) is 9.59 Å². The molecule has 0 aromatic heterocycles. The van der Waals surface area contributed by atoms with Crippen LogP contribution in [0.1, 0.15) is 44.4 Å². The number of ether oxygens (including phenoxy) is 1. The zero-order valence-electron chi connectivity index (χ0n) is 22.1. The number of benzene rings is 2. The third kappa shape index (κ3) is 7.47. The van der Waals surface area contributed by atoms with Gasteiger partial charge in [-0.2, -0.15) is 5.10 Å². The molecule has 10 heteroatoms. The standard InChI is InChI=1S/C28H35Cl2N5O3/c1-28(2,3)31-27(37)34(13-12-33-14-16-38-17-15-33)19-26(36)35-25(20-8-10-21(29)11-9-20)18-24(32-35)22-6-4-5-7-23(22)30/h4-11,25H,12-19H2,1-3H3,(H,31,37)/t25-/m1/s1. The second-order valence-corrected chi connectivity index (χ2v) is 11.4. The first-order valence-corrected chi connectivity index (χ1v) is 13.6. The highest BCUT2D eigenvalue weighted by Gasteiger charge is 2.35. The molecule has 0 radical (unpaired) electrons. The van der Waals surface area contributed by atoms with Crippen LogP contribution in [0.5, 0.6) is 0 Å². The minimum atomic E-state index is -0.438. The number of hydrazone groups is 1. The van der Waals surface area contributed by atoms with Gasteiger partial charge in [0.25, 0.3) is 5.91 Å². The molecule has 0 bridgehead atoms. The fraction of sp³-hybridized carbons (Fsp3) is 0.464. The van der Waals surface area contributed by atoms with Gasteiger partial charge in [0.1, 0.15) is 6.54 Å². The molecular weight excluding hydrogens is 525 g/mol. The van der Waals surface area contributed by atoms with E-state index in [0.29, 0.717) is 42.8 Å². The molecule has 0 spiro atoms. The highest BCUT2D eigenvalue weighted by molar-refractivity contribution is 6.34. The molecule has 2 aromatic carbocycles. The largest absolute Gasteiger partial charge is 0.379 e. The van der Waals surface area contributed by atoms with Crippen molar-refractivity contribution in [2.75, 3.05) is 45.9 Å². The molecule has 4 rings (SSSR count). The summed E-state index contributed by atoms with van der Waals surface area (Å²) in [5.74, 6) is -0.266. The Bertz CT molecular complexity index is 1160. The van der Waals surface area contributed by atoms with E-state index >= 15 is 0 Å². The number of carbonyl (C=O) groups is 2. The van der Waals surface area contributed by atoms with Gasteiger partial charge in [0.2, 0.25) is 0 Å². The highest BCUT2D eigenvalue weighted by Crippen LogP contribution is 2.35. The van der Waals surface area contributed by atoms with Crippen molar-refractivity contribution in [3.63, 3.8) is 0 Å². The van der Waals surface area contributed by atoms with Gasteiger partial charge in [-0.25, -0.2) is 9.80 Å². The quantitative estimate of drug-likeness (QED) is 0.527. The number of carbonyl (C=O) groups excluding carboxylic acids is 2. The molecule has 38 heavy (non-hydrogen) atoms. The van der Waals surface area contributed by atoms with Crippen LogP contribution in [0.3, 0.4) is 0 Å². The number of hydrogen-bond donors (Lipinski definition) is 1. The summed E-state index contributed by atoms with van der Waals surface area (Å²) in [6.07, 6.45) is 0.499. The summed E-state index contributed by atoms with van der Waals surface area (Å²) in [6.45, 7) is 9.68. The summed E-state index contributed by atoms with van der Waals surface area (Å²) < 4.78 is 5.44. The molecule has 1 saturated heterocycles. The second-order valence-electron chi connectivity index (χ2n) is 10.6. The van der Waals surface area contributed by atoms with Crippen molar-refractivity contribution in [3.8, 4) is 0 Å². The predicted octanol–water partition coefficient (Wildman–Crippen LogP) is 4.81. The molecule has 2 aliphatic rings. The summed E-state index contributed by atoms with van der Waals surface area (Å²) >= 11 is 12.6. The van der Waals surface area contributed by atoms with Crippen LogP contribution in [0.4, 0.5) is 4.79 Å². The Kier molecular flexibility index (Phi) is 9.31. The van der Waals surface area contributed by atoms with Crippen molar-refractivity contribution in [3.05, 3.63) is 69.7 Å². The normalized spacial score (nSPS) is 18.3. The van der Waals surface area contributed by atoms with Gasteiger partial charge in [-0.15, -0.1) is 0 Å². The number of nitrogens with one attached hydrogen (secondary N) is 1. The van der Waals surface area contributed by atoms with Gasteiger partial charge in [0.05, 0.1) is 25.0 Å². The third-order valence-corrected chi connectivity index (χ3v) is 7.07. The Hall–Kier alpha value is -2.65. The van der Waals surface area contributed by atoms with Gasteiger partial charge in [-0.1, -0.05) is 53.5 Å². The van der Waals surface area contributed by atoms with Gasteiger partial charge >= 0.3 is 6.03 Å². The monoisotopic (exact) mass is 559 g/mol. The van der Waals surface area contributed by atoms with Gasteiger partial charge in [-0.05, 0) is 44.5 Å². The highest BCUT2D eigenvalue weighted by atomic mass is 35.5. The first-order chi connectivity index (χ1) is 18.1. The molecule has 0 saturated carbocycles. The molecular formula is C28H35Cl2N5O3. The Morgan fingerprint density at radius 3 is 2.42 bits per heavy atom. The maximum Gasteiger partial charge on any atom is 0.318 e. The van der Waals surface area contributed by atoms with Crippen molar-refractivity contribution in [2.24, 2.45) is 5.10 Å². The predicted molar refractivity (Wildman–Crippen MR) is 151 cm³/mol. The number of halogens is 2. The van der Waals surface area contributed by atoms with E-state index in [2.05, 4.69) is 10.2 Å². The molecule has 0 unspecified atom stereocenters. The summed E-state index contributed by atoms with van der Waals surface area (Å²) in [7, 11) is 0. The van der Waals surface area contributed by atoms with E-state index in [0.717, 1.165) is 29.9 Å². The summed E-state index contributed by atoms with van der Waals surface area (Å²) in [5.41, 5.74) is 1.99. The summed E-state index contributed by atoms with van der Waals surface area (Å²) in [4.78, 5) is 30.8. The lowest BCUT2D eigenvalue weighted by molar-refractivity contribution is -0.133. The van der Waals surface area contributed by atoms with E-state index < -0.39 is 5.54 Å². The molecule has 2 aliphatic heterocycles. The van der Waals surface area contributed by atoms with Crippen LogP contribution in [0, 0.1) is 0 Å². The number of morpholine rings is 1. The van der Waals surface area contributed by atoms with Gasteiger partial charge in [0, 0.05) is 53.7 Å². The maximum atomic E-state index is 13.8. The molecule has 2 aromatic rings. The summed E-state index contributed by atoms with van der Waals surface area (Å²) in [5, 5.41) is 10.4. The van der Waals surface area contributed by atoms with E-state index in [1.54, 1.807) is 17.0 Å². The molecule has 0 aliphatic carbocycles. The molecule has 204 valence electrons. The zero-order chi connectivity index (χ0) is 27.3. The van der Waals surface area contributed by atoms with E-state index in [-0.39, 0.29) is 24.5 Å². The van der Waals surface area contributed by atoms with Crippen LogP contribution in [0.25, 0.3) is 0 Å². The fourth-order valence-electron chi connectivity index (χ4n) is 4.52. The molecule has 1 atom stereocenters. The van der Waals surface area contributed by atoms with Crippen LogP contribution in [-0.4, -0.2) is 83.9 Å². The van der Waals surface area contributed by atoms with Crippen LogP contribution in [0.2, 0.25) is 10.0 Å². The third-order valence-electron chi connectivity index (χ3n) is 6.49. The Labute approximate surface area is 234 Å². The van der Waals surface area contributed by atoms with E-state index in [1.165, 1.54) is 5.01 Å². The number of hydrogen-bond acceptors (Lipinski definition) is 5. The SMILES string of the molecule is CC(C)(C)NC(=O)N(CCN1CCOCC1)CC(=O)N1N=C(c2ccccc2Cl)C[C@@H]1c1ccc(Cl)cc1. The molecule has 3 amide bonds. The summed E-state index contributed by atoms with van der Waals surface area (Å²) in [6, 6.07) is 14.3. The Balaban J connectivity index is 1.58. The van der Waals surface area contributed by atoms with Crippen LogP contribution >= 0.6 is 23.2 Å². The Morgan fingerprint density at radius 2 is 1.76 bits per heavy atom. The minimum Gasteiger partial charge on any atom is -0.379 e. The topological polar surface area (TPSA) is 77.5 Å². The lowest BCUT2D eigenvalue weighted by Gasteiger charge is -2.32. The average molecular weight is 561 g/mol. The number of urea groups is 1. The average Bonchev–Trinajstić information content (AvgIpc) is 3.32. The first-order valence-electron chi connectivity index (χ1n) is 12.9. The van der Waals surface area contributed by atoms with Gasteiger partial charge in [-0.3, -0.25) is 9.69 Å². The number of amides is 3. The lowest BCUT2D eigenvalue weighted by Crippen LogP contribution is -2.53. The van der Waals surface area contributed by atoms with Crippen LogP contribution in [0.15, 0.2) is 53.6 Å². The molecule has 1 N–H and O–H groups in total. The van der Waals surface area contributed by atoms with Gasteiger partial charge in [0.15, 0.2) is 0 Å². The minimum absolute atomic E-state index is 0.102. The van der Waals surface area contributed by atoms with Crippen molar-refractivity contribution in [1.29, 1.82) is 0 Å². The van der Waals surface area contributed by atoms with Gasteiger partial charge < -0.3 is 15.0 Å². The van der Waals surface area contributed by atoms with Crippen LogP contribution in [-0.2, 0) is 9.53 Å². The lowest BCUT2D eigenvalue weighted by atomic mass is 9.98. The fourth-order valence-corrected chi connectivity index (χ4v) is 4.89. The Morgan fingerprint density at radius 1 is 1.08 bits per heavy atom. The van der Waals surface area contributed by atoms with Crippen LogP contribution < -0.4 is 5.32 Å². The van der Waals surface area contributed by atoms with Crippen molar-refractivity contribution in [1.82, 2.24) is 20.1 Å². The molecule has 2 heterocycles. The molecule has 8 nitrogen and oxygen atoms in total. The van der Waals surface area contributed by atoms with E-state index in [4.69, 9.17) is 33.0 Å². The number of nitrogens with zero attached hydrogens (tertiary/aromatic N) is 4. The van der Waals surface area contributed by atoms with Crippen molar-refractivity contribution >= 4 is 40.9 Å². The van der Waals surface area contributed by atoms with Crippen molar-refractivity contribution < 1.29 is 14.3 Å². The van der Waals surface area contributed by atoms with Crippen molar-refractivity contribution in [2.45, 2.75) is 38.8 Å². The smallest absolute Gasteiger partial charge is 0.318 e. The molecule has 1 fully saturated rings. The number of rotatable bonds is 7. The van der Waals surface area contributed by atoms with E-state index in [1.807, 2.05) is 57.2 Å².